The first-order valence-electron chi connectivity index (χ1n) is 8.08. The number of halogens is 1. The first kappa shape index (κ1) is 17.6. The zero-order valence-electron chi connectivity index (χ0n) is 13.5. The Balaban J connectivity index is 1.82. The molecule has 3 rings (SSSR count). The number of ketones is 1. The summed E-state index contributed by atoms with van der Waals surface area (Å²) in [4.78, 5) is 29.1. The monoisotopic (exact) mass is 359 g/mol. The number of hydrogen-bond acceptors (Lipinski definition) is 5. The summed E-state index contributed by atoms with van der Waals surface area (Å²) in [5, 5.41) is 13.7. The van der Waals surface area contributed by atoms with Gasteiger partial charge in [-0.1, -0.05) is 17.5 Å². The van der Waals surface area contributed by atoms with Crippen LogP contribution in [0, 0.1) is 12.3 Å². The van der Waals surface area contributed by atoms with Gasteiger partial charge in [0.1, 0.15) is 0 Å². The standard InChI is InChI=1S/C18H18ClN3O3/c1-2-11-6-15-13(8-14(11)19)18(25)22(10-21-15)9-12(23)7-16-17(24)4-3-5-20-16/h1,6,8,10,16-17,20,24H,3-5,7,9H2/t16-,17+/m1/s1. The SMILES string of the molecule is C#Cc1cc2ncn(CC(=O)C[C@H]3NCCC[C@@H]3O)c(=O)c2cc1Cl. The van der Waals surface area contributed by atoms with Crippen LogP contribution in [0.3, 0.4) is 0 Å². The predicted molar refractivity (Wildman–Crippen MR) is 95.6 cm³/mol. The molecule has 2 atom stereocenters. The van der Waals surface area contributed by atoms with Crippen LogP contribution in [0.25, 0.3) is 10.9 Å². The van der Waals surface area contributed by atoms with Gasteiger partial charge in [0.25, 0.3) is 5.56 Å². The maximum atomic E-state index is 12.6. The average Bonchev–Trinajstić information content (AvgIpc) is 2.59. The number of hydrogen-bond donors (Lipinski definition) is 2. The molecule has 0 radical (unpaired) electrons. The van der Waals surface area contributed by atoms with E-state index in [0.717, 1.165) is 13.0 Å². The summed E-state index contributed by atoms with van der Waals surface area (Å²) in [6, 6.07) is 2.79. The van der Waals surface area contributed by atoms with Crippen molar-refractivity contribution in [2.24, 2.45) is 0 Å². The summed E-state index contributed by atoms with van der Waals surface area (Å²) in [6.45, 7) is 0.684. The Hall–Kier alpha value is -2.20. The van der Waals surface area contributed by atoms with E-state index >= 15 is 0 Å². The molecule has 1 aliphatic heterocycles. The Morgan fingerprint density at radius 2 is 2.32 bits per heavy atom. The molecule has 0 unspecified atom stereocenters. The Morgan fingerprint density at radius 3 is 3.04 bits per heavy atom. The van der Waals surface area contributed by atoms with E-state index in [1.165, 1.54) is 17.0 Å². The van der Waals surface area contributed by atoms with E-state index in [2.05, 4.69) is 16.2 Å². The minimum absolute atomic E-state index is 0.0960. The van der Waals surface area contributed by atoms with E-state index in [9.17, 15) is 14.7 Å². The quantitative estimate of drug-likeness (QED) is 0.799. The summed E-state index contributed by atoms with van der Waals surface area (Å²) in [6.07, 6.45) is 7.89. The third-order valence-corrected chi connectivity index (χ3v) is 4.72. The Bertz CT molecular complexity index is 916. The molecule has 1 aromatic carbocycles. The molecule has 2 heterocycles. The molecule has 1 saturated heterocycles. The second kappa shape index (κ2) is 7.36. The van der Waals surface area contributed by atoms with Crippen LogP contribution in [-0.2, 0) is 11.3 Å². The summed E-state index contributed by atoms with van der Waals surface area (Å²) < 4.78 is 1.26. The van der Waals surface area contributed by atoms with Crippen LogP contribution < -0.4 is 10.9 Å². The third-order valence-electron chi connectivity index (χ3n) is 4.41. The van der Waals surface area contributed by atoms with Crippen molar-refractivity contribution in [1.82, 2.24) is 14.9 Å². The van der Waals surface area contributed by atoms with Crippen LogP contribution in [0.5, 0.6) is 0 Å². The lowest BCUT2D eigenvalue weighted by Gasteiger charge is -2.28. The van der Waals surface area contributed by atoms with Gasteiger partial charge in [-0.25, -0.2) is 4.98 Å². The van der Waals surface area contributed by atoms with Crippen molar-refractivity contribution in [2.75, 3.05) is 6.54 Å². The molecule has 1 aliphatic rings. The number of aliphatic hydroxyl groups excluding tert-OH is 1. The maximum absolute atomic E-state index is 12.6. The van der Waals surface area contributed by atoms with Crippen molar-refractivity contribution < 1.29 is 9.90 Å². The molecule has 2 N–H and O–H groups in total. The van der Waals surface area contributed by atoms with Crippen molar-refractivity contribution in [3.8, 4) is 12.3 Å². The van der Waals surface area contributed by atoms with Crippen molar-refractivity contribution in [3.05, 3.63) is 39.4 Å². The summed E-state index contributed by atoms with van der Waals surface area (Å²) in [5.41, 5.74) is 0.559. The number of benzene rings is 1. The van der Waals surface area contributed by atoms with Gasteiger partial charge < -0.3 is 10.4 Å². The van der Waals surface area contributed by atoms with Gasteiger partial charge in [0.2, 0.25) is 0 Å². The molecule has 130 valence electrons. The summed E-state index contributed by atoms with van der Waals surface area (Å²) in [5.74, 6) is 2.29. The predicted octanol–water partition coefficient (Wildman–Crippen LogP) is 1.10. The molecule has 7 heteroatoms. The van der Waals surface area contributed by atoms with E-state index in [-0.39, 0.29) is 30.3 Å². The van der Waals surface area contributed by atoms with Crippen molar-refractivity contribution >= 4 is 28.3 Å². The van der Waals surface area contributed by atoms with Crippen LogP contribution in [0.4, 0.5) is 0 Å². The lowest BCUT2D eigenvalue weighted by Crippen LogP contribution is -2.46. The van der Waals surface area contributed by atoms with Gasteiger partial charge in [0.05, 0.1) is 34.9 Å². The molecule has 0 spiro atoms. The lowest BCUT2D eigenvalue weighted by atomic mass is 9.97. The number of carbonyl (C=O) groups excluding carboxylic acids is 1. The molecular formula is C18H18ClN3O3. The fourth-order valence-corrected chi connectivity index (χ4v) is 3.26. The zero-order valence-corrected chi connectivity index (χ0v) is 14.3. The molecule has 0 aliphatic carbocycles. The molecule has 25 heavy (non-hydrogen) atoms. The molecule has 2 aromatic rings. The van der Waals surface area contributed by atoms with Crippen LogP contribution in [0.15, 0.2) is 23.3 Å². The number of aliphatic hydroxyl groups is 1. The highest BCUT2D eigenvalue weighted by Crippen LogP contribution is 2.20. The van der Waals surface area contributed by atoms with Gasteiger partial charge in [-0.3, -0.25) is 14.2 Å². The molecule has 1 fully saturated rings. The Kier molecular flexibility index (Phi) is 5.19. The first-order valence-corrected chi connectivity index (χ1v) is 8.46. The van der Waals surface area contributed by atoms with Gasteiger partial charge in [-0.05, 0) is 31.5 Å². The van der Waals surface area contributed by atoms with Gasteiger partial charge in [-0.2, -0.15) is 0 Å². The van der Waals surface area contributed by atoms with Gasteiger partial charge in [0.15, 0.2) is 5.78 Å². The van der Waals surface area contributed by atoms with Crippen LogP contribution >= 0.6 is 11.6 Å². The number of nitrogens with one attached hydrogen (secondary N) is 1. The van der Waals surface area contributed by atoms with Crippen LogP contribution in [0.2, 0.25) is 5.02 Å². The van der Waals surface area contributed by atoms with E-state index < -0.39 is 6.10 Å². The van der Waals surface area contributed by atoms with E-state index in [1.807, 2.05) is 0 Å². The smallest absolute Gasteiger partial charge is 0.261 e. The average molecular weight is 360 g/mol. The molecule has 0 bridgehead atoms. The van der Waals surface area contributed by atoms with Crippen molar-refractivity contribution in [3.63, 3.8) is 0 Å². The topological polar surface area (TPSA) is 84.2 Å². The largest absolute Gasteiger partial charge is 0.391 e. The fraction of sp³-hybridized carbons (Fsp3) is 0.389. The van der Waals surface area contributed by atoms with Crippen molar-refractivity contribution in [1.29, 1.82) is 0 Å². The third kappa shape index (κ3) is 3.74. The normalized spacial score (nSPS) is 20.4. The van der Waals surface area contributed by atoms with E-state index in [0.29, 0.717) is 27.9 Å². The maximum Gasteiger partial charge on any atom is 0.261 e. The van der Waals surface area contributed by atoms with Crippen LogP contribution in [0.1, 0.15) is 24.8 Å². The minimum Gasteiger partial charge on any atom is -0.391 e. The number of Topliss-reactive ketones (excluding diaryl/α,β-unsaturated/α-hetero) is 1. The summed E-state index contributed by atoms with van der Waals surface area (Å²) >= 11 is 6.06. The highest BCUT2D eigenvalue weighted by atomic mass is 35.5. The number of fused-ring (bicyclic) bond motifs is 1. The van der Waals surface area contributed by atoms with Gasteiger partial charge in [-0.15, -0.1) is 6.42 Å². The second-order valence-electron chi connectivity index (χ2n) is 6.18. The number of aromatic nitrogens is 2. The van der Waals surface area contributed by atoms with Crippen molar-refractivity contribution in [2.45, 2.75) is 38.0 Å². The van der Waals surface area contributed by atoms with Gasteiger partial charge >= 0.3 is 0 Å². The number of terminal acetylenes is 1. The number of nitrogens with zero attached hydrogens (tertiary/aromatic N) is 2. The molecule has 0 amide bonds. The highest BCUT2D eigenvalue weighted by molar-refractivity contribution is 6.32. The fourth-order valence-electron chi connectivity index (χ4n) is 3.05. The summed E-state index contributed by atoms with van der Waals surface area (Å²) in [7, 11) is 0. The zero-order chi connectivity index (χ0) is 18.0. The minimum atomic E-state index is -0.537. The lowest BCUT2D eigenvalue weighted by molar-refractivity contribution is -0.121. The number of carbonyl (C=O) groups is 1. The molecule has 0 saturated carbocycles. The number of rotatable bonds is 4. The Morgan fingerprint density at radius 1 is 1.52 bits per heavy atom. The van der Waals surface area contributed by atoms with Gasteiger partial charge in [0, 0.05) is 18.0 Å². The molecule has 1 aromatic heterocycles. The van der Waals surface area contributed by atoms with E-state index in [1.54, 1.807) is 6.07 Å². The highest BCUT2D eigenvalue weighted by Gasteiger charge is 2.25. The number of piperidine rings is 1. The second-order valence-corrected chi connectivity index (χ2v) is 6.59. The van der Waals surface area contributed by atoms with Crippen LogP contribution in [-0.4, -0.2) is 39.1 Å². The Labute approximate surface area is 149 Å². The van der Waals surface area contributed by atoms with E-state index in [4.69, 9.17) is 18.0 Å². The first-order chi connectivity index (χ1) is 12.0. The molecule has 6 nitrogen and oxygen atoms in total. The molecular weight excluding hydrogens is 342 g/mol.